The average Bonchev–Trinajstić information content (AvgIpc) is 3.14. The van der Waals surface area contributed by atoms with Crippen molar-refractivity contribution in [2.75, 3.05) is 13.2 Å². The van der Waals surface area contributed by atoms with Gasteiger partial charge in [-0.2, -0.15) is 0 Å². The van der Waals surface area contributed by atoms with Crippen molar-refractivity contribution in [2.24, 2.45) is 5.11 Å². The number of nitrogens with one attached hydrogen (secondary N) is 1. The first-order valence-electron chi connectivity index (χ1n) is 9.59. The third-order valence-corrected chi connectivity index (χ3v) is 6.32. The van der Waals surface area contributed by atoms with Crippen LogP contribution in [-0.2, 0) is 27.8 Å². The molecule has 3 rings (SSSR count). The zero-order valence-corrected chi connectivity index (χ0v) is 18.4. The number of aromatic amines is 1. The summed E-state index contributed by atoms with van der Waals surface area (Å²) in [6.45, 7) is 6.83. The Bertz CT molecular complexity index is 1050. The number of fused-ring (bicyclic) bond motifs is 1. The van der Waals surface area contributed by atoms with Crippen LogP contribution in [0.2, 0.25) is 0 Å². The Balaban J connectivity index is 2.10. The maximum Gasteiger partial charge on any atom is 0.353 e. The SMILES string of the molecule is CCOP(=O)(/C=C/[C@@]1(N=[N+]=[N-])O[C@@H](n2ccc(=O)[nH]c2=O)[C@@H]2OC(C)(C)O[C@@H]21)OCC. The van der Waals surface area contributed by atoms with E-state index < -0.39 is 48.8 Å². The Labute approximate surface area is 177 Å². The van der Waals surface area contributed by atoms with Gasteiger partial charge in [0.2, 0.25) is 0 Å². The van der Waals surface area contributed by atoms with Crippen LogP contribution < -0.4 is 11.2 Å². The third-order valence-electron chi connectivity index (χ3n) is 4.57. The Kier molecular flexibility index (Phi) is 6.59. The van der Waals surface area contributed by atoms with Gasteiger partial charge in [0, 0.05) is 23.0 Å². The molecular formula is C17H24N5O8P. The van der Waals surface area contributed by atoms with Gasteiger partial charge in [-0.25, -0.2) is 4.79 Å². The minimum Gasteiger partial charge on any atom is -0.341 e. The minimum absolute atomic E-state index is 0.116. The van der Waals surface area contributed by atoms with Crippen molar-refractivity contribution in [1.82, 2.24) is 9.55 Å². The van der Waals surface area contributed by atoms with Crippen LogP contribution in [0.25, 0.3) is 10.4 Å². The molecule has 3 heterocycles. The van der Waals surface area contributed by atoms with Crippen molar-refractivity contribution in [1.29, 1.82) is 0 Å². The second-order valence-electron chi connectivity index (χ2n) is 7.18. The number of nitrogens with zero attached hydrogens (tertiary/aromatic N) is 4. The van der Waals surface area contributed by atoms with E-state index in [0.717, 1.165) is 16.5 Å². The molecule has 2 aliphatic rings. The fraction of sp³-hybridized carbons (Fsp3) is 0.647. The van der Waals surface area contributed by atoms with Gasteiger partial charge in [-0.15, -0.1) is 0 Å². The molecule has 1 aromatic rings. The van der Waals surface area contributed by atoms with Gasteiger partial charge in [-0.1, -0.05) is 5.11 Å². The van der Waals surface area contributed by atoms with Gasteiger partial charge < -0.3 is 23.3 Å². The molecule has 0 unspecified atom stereocenters. The van der Waals surface area contributed by atoms with Gasteiger partial charge in [-0.3, -0.25) is 18.9 Å². The maximum atomic E-state index is 12.9. The zero-order valence-electron chi connectivity index (χ0n) is 17.5. The van der Waals surface area contributed by atoms with E-state index in [-0.39, 0.29) is 13.2 Å². The highest BCUT2D eigenvalue weighted by molar-refractivity contribution is 7.57. The number of azide groups is 1. The summed E-state index contributed by atoms with van der Waals surface area (Å²) in [5.41, 5.74) is 6.05. The fourth-order valence-corrected chi connectivity index (χ4v) is 4.85. The summed E-state index contributed by atoms with van der Waals surface area (Å²) < 4.78 is 42.2. The molecule has 2 saturated heterocycles. The van der Waals surface area contributed by atoms with E-state index in [9.17, 15) is 19.7 Å². The highest BCUT2D eigenvalue weighted by Crippen LogP contribution is 2.53. The first kappa shape index (κ1) is 23.4. The van der Waals surface area contributed by atoms with Crippen LogP contribution in [-0.4, -0.2) is 46.5 Å². The van der Waals surface area contributed by atoms with E-state index in [1.54, 1.807) is 27.7 Å². The van der Waals surface area contributed by atoms with E-state index in [1.165, 1.54) is 12.3 Å². The van der Waals surface area contributed by atoms with Gasteiger partial charge in [0.25, 0.3) is 5.56 Å². The summed E-state index contributed by atoms with van der Waals surface area (Å²) in [7, 11) is -3.67. The predicted octanol–water partition coefficient (Wildman–Crippen LogP) is 2.37. The van der Waals surface area contributed by atoms with Crippen LogP contribution in [0.1, 0.15) is 33.9 Å². The van der Waals surface area contributed by atoms with Gasteiger partial charge in [-0.05, 0) is 39.3 Å². The molecule has 1 aromatic heterocycles. The van der Waals surface area contributed by atoms with E-state index in [0.29, 0.717) is 0 Å². The molecule has 0 bridgehead atoms. The van der Waals surface area contributed by atoms with Crippen molar-refractivity contribution < 1.29 is 27.8 Å². The quantitative estimate of drug-likeness (QED) is 0.269. The molecule has 1 N–H and O–H groups in total. The molecule has 4 atom stereocenters. The topological polar surface area (TPSA) is 167 Å². The molecule has 0 amide bonds. The molecule has 0 saturated carbocycles. The zero-order chi connectivity index (χ0) is 22.9. The smallest absolute Gasteiger partial charge is 0.341 e. The van der Waals surface area contributed by atoms with Crippen LogP contribution in [0, 0.1) is 0 Å². The molecule has 2 aliphatic heterocycles. The molecule has 2 fully saturated rings. The van der Waals surface area contributed by atoms with Crippen LogP contribution in [0.3, 0.4) is 0 Å². The lowest BCUT2D eigenvalue weighted by Gasteiger charge is -2.29. The fourth-order valence-electron chi connectivity index (χ4n) is 3.49. The molecule has 13 nitrogen and oxygen atoms in total. The van der Waals surface area contributed by atoms with E-state index in [1.807, 2.05) is 0 Å². The second kappa shape index (κ2) is 8.71. The van der Waals surface area contributed by atoms with Crippen molar-refractivity contribution in [2.45, 2.75) is 57.6 Å². The average molecular weight is 457 g/mol. The van der Waals surface area contributed by atoms with E-state index >= 15 is 0 Å². The van der Waals surface area contributed by atoms with E-state index in [4.69, 9.17) is 23.3 Å². The summed E-state index contributed by atoms with van der Waals surface area (Å²) in [6.07, 6.45) is -0.552. The first-order chi connectivity index (χ1) is 14.6. The number of hydrogen-bond acceptors (Lipinski definition) is 9. The third kappa shape index (κ3) is 4.68. The molecular weight excluding hydrogens is 433 g/mol. The summed E-state index contributed by atoms with van der Waals surface area (Å²) >= 11 is 0. The minimum atomic E-state index is -3.67. The summed E-state index contributed by atoms with van der Waals surface area (Å²) in [5, 5.41) is 3.76. The van der Waals surface area contributed by atoms with E-state index in [2.05, 4.69) is 15.0 Å². The van der Waals surface area contributed by atoms with Crippen molar-refractivity contribution in [3.8, 4) is 0 Å². The number of hydrogen-bond donors (Lipinski definition) is 1. The molecule has 170 valence electrons. The Morgan fingerprint density at radius 1 is 1.29 bits per heavy atom. The molecule has 0 aliphatic carbocycles. The lowest BCUT2D eigenvalue weighted by atomic mass is 10.1. The standard InChI is InChI=1S/C17H24N5O8P/c1-5-26-31(25,27-6-2)10-8-17(20-21-18)13-12(28-16(3,4)29-13)14(30-17)22-9-7-11(23)19-15(22)24/h7-10,12-14H,5-6H2,1-4H3,(H,19,23,24)/b10-8+/t12-,13+,14-,17-/m1/s1. The molecule has 14 heteroatoms. The second-order valence-corrected chi connectivity index (χ2v) is 9.07. The Morgan fingerprint density at radius 2 is 1.97 bits per heavy atom. The number of aromatic nitrogens is 2. The highest BCUT2D eigenvalue weighted by atomic mass is 31.2. The van der Waals surface area contributed by atoms with Crippen LogP contribution in [0.15, 0.2) is 38.9 Å². The van der Waals surface area contributed by atoms with Gasteiger partial charge >= 0.3 is 13.3 Å². The molecule has 0 aromatic carbocycles. The van der Waals surface area contributed by atoms with Gasteiger partial charge in [0.1, 0.15) is 12.2 Å². The van der Waals surface area contributed by atoms with Crippen LogP contribution in [0.4, 0.5) is 0 Å². The highest BCUT2D eigenvalue weighted by Gasteiger charge is 2.63. The van der Waals surface area contributed by atoms with Crippen molar-refractivity contribution in [3.63, 3.8) is 0 Å². The monoisotopic (exact) mass is 457 g/mol. The van der Waals surface area contributed by atoms with Crippen molar-refractivity contribution in [3.05, 3.63) is 55.4 Å². The van der Waals surface area contributed by atoms with Crippen LogP contribution in [0.5, 0.6) is 0 Å². The summed E-state index contributed by atoms with van der Waals surface area (Å²) in [6, 6.07) is 1.14. The maximum absolute atomic E-state index is 12.9. The van der Waals surface area contributed by atoms with Crippen molar-refractivity contribution >= 4 is 7.60 Å². The van der Waals surface area contributed by atoms with Crippen LogP contribution >= 0.6 is 7.60 Å². The number of H-pyrrole nitrogens is 1. The predicted molar refractivity (Wildman–Crippen MR) is 107 cm³/mol. The van der Waals surface area contributed by atoms with Gasteiger partial charge in [0.05, 0.1) is 13.2 Å². The normalized spacial score (nSPS) is 29.7. The molecule has 0 radical (unpaired) electrons. The van der Waals surface area contributed by atoms with Gasteiger partial charge in [0.15, 0.2) is 17.7 Å². The summed E-state index contributed by atoms with van der Waals surface area (Å²) in [4.78, 5) is 28.8. The Hall–Kier alpha value is -2.24. The number of rotatable bonds is 8. The first-order valence-corrected chi connectivity index (χ1v) is 11.2. The Morgan fingerprint density at radius 3 is 2.55 bits per heavy atom. The number of ether oxygens (including phenoxy) is 3. The molecule has 31 heavy (non-hydrogen) atoms. The largest absolute Gasteiger partial charge is 0.353 e. The molecule has 0 spiro atoms. The summed E-state index contributed by atoms with van der Waals surface area (Å²) in [5.74, 6) is 0.0369. The lowest BCUT2D eigenvalue weighted by Crippen LogP contribution is -2.39. The lowest BCUT2D eigenvalue weighted by molar-refractivity contribution is -0.210.